The van der Waals surface area contributed by atoms with Gasteiger partial charge in [-0.1, -0.05) is 0 Å². The van der Waals surface area contributed by atoms with Crippen molar-refractivity contribution in [3.63, 3.8) is 0 Å². The Morgan fingerprint density at radius 1 is 1.53 bits per heavy atom. The van der Waals surface area contributed by atoms with Crippen LogP contribution in [0, 0.1) is 0 Å². The Labute approximate surface area is 90.0 Å². The number of nitrogens with one attached hydrogen (secondary N) is 1. The summed E-state index contributed by atoms with van der Waals surface area (Å²) in [6.07, 6.45) is 1.85. The number of piperidine rings is 1. The molecule has 0 aromatic heterocycles. The predicted octanol–water partition coefficient (Wildman–Crippen LogP) is -0.539. The van der Waals surface area contributed by atoms with Gasteiger partial charge in [0.25, 0.3) is 0 Å². The van der Waals surface area contributed by atoms with Gasteiger partial charge in [-0.05, 0) is 19.8 Å². The summed E-state index contributed by atoms with van der Waals surface area (Å²) in [6, 6.07) is -0.375. The summed E-state index contributed by atoms with van der Waals surface area (Å²) in [5, 5.41) is 2.83. The minimum Gasteiger partial charge on any atom is -0.352 e. The molecule has 1 aliphatic heterocycles. The van der Waals surface area contributed by atoms with Crippen LogP contribution in [0.3, 0.4) is 0 Å². The highest BCUT2D eigenvalue weighted by atomic mass is 16.2. The summed E-state index contributed by atoms with van der Waals surface area (Å²) in [4.78, 5) is 24.2. The number of carbonyl (C=O) groups is 2. The highest BCUT2D eigenvalue weighted by Crippen LogP contribution is 2.10. The first-order valence-corrected chi connectivity index (χ1v) is 5.32. The van der Waals surface area contributed by atoms with E-state index < -0.39 is 6.04 Å². The van der Waals surface area contributed by atoms with E-state index in [4.69, 9.17) is 5.73 Å². The lowest BCUT2D eigenvalue weighted by atomic mass is 10.0. The Morgan fingerprint density at radius 2 is 2.20 bits per heavy atom. The topological polar surface area (TPSA) is 75.4 Å². The van der Waals surface area contributed by atoms with E-state index in [-0.39, 0.29) is 17.9 Å². The van der Waals surface area contributed by atoms with Crippen molar-refractivity contribution in [1.29, 1.82) is 0 Å². The van der Waals surface area contributed by atoms with Crippen LogP contribution in [0.2, 0.25) is 0 Å². The van der Waals surface area contributed by atoms with Crippen molar-refractivity contribution >= 4 is 11.8 Å². The van der Waals surface area contributed by atoms with Crippen LogP contribution in [0.15, 0.2) is 0 Å². The second-order valence-corrected chi connectivity index (χ2v) is 4.11. The Morgan fingerprint density at radius 3 is 2.73 bits per heavy atom. The highest BCUT2D eigenvalue weighted by Gasteiger charge is 2.25. The maximum atomic E-state index is 11.6. The lowest BCUT2D eigenvalue weighted by Crippen LogP contribution is -2.52. The fraction of sp³-hybridized carbons (Fsp3) is 0.800. The van der Waals surface area contributed by atoms with Gasteiger partial charge in [-0.2, -0.15) is 0 Å². The van der Waals surface area contributed by atoms with E-state index in [1.807, 2.05) is 0 Å². The zero-order valence-electron chi connectivity index (χ0n) is 9.32. The van der Waals surface area contributed by atoms with Crippen molar-refractivity contribution in [1.82, 2.24) is 10.2 Å². The molecule has 1 aliphatic rings. The van der Waals surface area contributed by atoms with Crippen molar-refractivity contribution in [2.75, 3.05) is 13.1 Å². The smallest absolute Gasteiger partial charge is 0.239 e. The van der Waals surface area contributed by atoms with Gasteiger partial charge in [0.2, 0.25) is 11.8 Å². The Balaban J connectivity index is 2.48. The summed E-state index contributed by atoms with van der Waals surface area (Å²) in [5.74, 6) is -0.0832. The molecule has 0 aromatic carbocycles. The van der Waals surface area contributed by atoms with E-state index in [0.717, 1.165) is 19.4 Å². The summed E-state index contributed by atoms with van der Waals surface area (Å²) in [6.45, 7) is 4.51. The van der Waals surface area contributed by atoms with Crippen molar-refractivity contribution in [2.24, 2.45) is 5.73 Å². The number of carbonyl (C=O) groups excluding carboxylic acids is 2. The van der Waals surface area contributed by atoms with Crippen LogP contribution in [-0.2, 0) is 9.59 Å². The molecule has 0 spiro atoms. The average molecular weight is 213 g/mol. The molecule has 2 amide bonds. The molecule has 15 heavy (non-hydrogen) atoms. The number of nitrogens with two attached hydrogens (primary N) is 1. The van der Waals surface area contributed by atoms with Gasteiger partial charge >= 0.3 is 0 Å². The molecule has 5 nitrogen and oxygen atoms in total. The number of likely N-dealkylation sites (tertiary alicyclic amines) is 1. The van der Waals surface area contributed by atoms with Crippen molar-refractivity contribution in [3.05, 3.63) is 0 Å². The van der Waals surface area contributed by atoms with Crippen molar-refractivity contribution in [3.8, 4) is 0 Å². The minimum absolute atomic E-state index is 0.0370. The fourth-order valence-electron chi connectivity index (χ4n) is 1.87. The summed E-state index contributed by atoms with van der Waals surface area (Å²) in [7, 11) is 0. The zero-order chi connectivity index (χ0) is 11.4. The van der Waals surface area contributed by atoms with Crippen LogP contribution in [0.25, 0.3) is 0 Å². The molecule has 1 rings (SSSR count). The minimum atomic E-state index is -0.457. The molecule has 1 fully saturated rings. The molecule has 3 N–H and O–H groups in total. The van der Waals surface area contributed by atoms with Crippen LogP contribution in [0.1, 0.15) is 26.7 Å². The number of amides is 2. The van der Waals surface area contributed by atoms with Crippen molar-refractivity contribution in [2.45, 2.75) is 38.8 Å². The summed E-state index contributed by atoms with van der Waals surface area (Å²) < 4.78 is 0. The maximum absolute atomic E-state index is 11.6. The predicted molar refractivity (Wildman–Crippen MR) is 57.1 cm³/mol. The van der Waals surface area contributed by atoms with Gasteiger partial charge < -0.3 is 16.0 Å². The maximum Gasteiger partial charge on any atom is 0.239 e. The molecule has 5 heteroatoms. The second kappa shape index (κ2) is 5.11. The quantitative estimate of drug-likeness (QED) is 0.647. The first kappa shape index (κ1) is 12.0. The average Bonchev–Trinajstić information content (AvgIpc) is 2.16. The van der Waals surface area contributed by atoms with Crippen LogP contribution in [0.4, 0.5) is 0 Å². The molecule has 1 unspecified atom stereocenters. The third-order valence-electron chi connectivity index (χ3n) is 2.53. The lowest BCUT2D eigenvalue weighted by molar-refractivity contribution is -0.134. The largest absolute Gasteiger partial charge is 0.352 e. The third-order valence-corrected chi connectivity index (χ3v) is 2.53. The Bertz CT molecular complexity index is 253. The van der Waals surface area contributed by atoms with Crippen LogP contribution in [0.5, 0.6) is 0 Å². The molecule has 0 bridgehead atoms. The highest BCUT2D eigenvalue weighted by molar-refractivity contribution is 5.81. The zero-order valence-corrected chi connectivity index (χ0v) is 9.32. The molecule has 1 heterocycles. The molecule has 0 aromatic rings. The molecular formula is C10H19N3O2. The van der Waals surface area contributed by atoms with Gasteiger partial charge in [0.15, 0.2) is 0 Å². The summed E-state index contributed by atoms with van der Waals surface area (Å²) in [5.41, 5.74) is 5.53. The van der Waals surface area contributed by atoms with E-state index in [1.54, 1.807) is 11.8 Å². The van der Waals surface area contributed by atoms with E-state index in [0.29, 0.717) is 6.54 Å². The number of hydrogen-bond acceptors (Lipinski definition) is 3. The molecular weight excluding hydrogens is 194 g/mol. The Hall–Kier alpha value is -1.10. The van der Waals surface area contributed by atoms with Gasteiger partial charge in [-0.3, -0.25) is 9.59 Å². The third kappa shape index (κ3) is 3.51. The number of hydrogen-bond donors (Lipinski definition) is 2. The van der Waals surface area contributed by atoms with Crippen LogP contribution in [-0.4, -0.2) is 41.9 Å². The molecule has 86 valence electrons. The second-order valence-electron chi connectivity index (χ2n) is 4.11. The molecule has 2 atom stereocenters. The van der Waals surface area contributed by atoms with E-state index in [1.165, 1.54) is 6.92 Å². The molecule has 0 saturated carbocycles. The van der Waals surface area contributed by atoms with Gasteiger partial charge in [-0.25, -0.2) is 0 Å². The van der Waals surface area contributed by atoms with Gasteiger partial charge in [0, 0.05) is 26.1 Å². The van der Waals surface area contributed by atoms with Crippen LogP contribution < -0.4 is 11.1 Å². The van der Waals surface area contributed by atoms with Gasteiger partial charge in [-0.15, -0.1) is 0 Å². The fourth-order valence-corrected chi connectivity index (χ4v) is 1.87. The lowest BCUT2D eigenvalue weighted by Gasteiger charge is -2.33. The first-order valence-electron chi connectivity index (χ1n) is 5.32. The van der Waals surface area contributed by atoms with Gasteiger partial charge in [0.05, 0.1) is 6.04 Å². The van der Waals surface area contributed by atoms with Crippen LogP contribution >= 0.6 is 0 Å². The monoisotopic (exact) mass is 213 g/mol. The number of nitrogens with zero attached hydrogens (tertiary/aromatic N) is 1. The SMILES string of the molecule is CC(=O)NC1CCCN(C(=O)[C@H](C)N)C1. The number of rotatable bonds is 2. The molecule has 0 radical (unpaired) electrons. The summed E-state index contributed by atoms with van der Waals surface area (Å²) >= 11 is 0. The molecule has 1 saturated heterocycles. The van der Waals surface area contributed by atoms with E-state index >= 15 is 0 Å². The molecule has 0 aliphatic carbocycles. The van der Waals surface area contributed by atoms with E-state index in [2.05, 4.69) is 5.32 Å². The first-order chi connectivity index (χ1) is 7.00. The van der Waals surface area contributed by atoms with Gasteiger partial charge in [0.1, 0.15) is 0 Å². The standard InChI is InChI=1S/C10H19N3O2/c1-7(11)10(15)13-5-3-4-9(6-13)12-8(2)14/h7,9H,3-6,11H2,1-2H3,(H,12,14)/t7-,9?/m0/s1. The van der Waals surface area contributed by atoms with Crippen molar-refractivity contribution < 1.29 is 9.59 Å². The Kier molecular flexibility index (Phi) is 4.08. The van der Waals surface area contributed by atoms with E-state index in [9.17, 15) is 9.59 Å². The normalized spacial score (nSPS) is 23.4.